The van der Waals surface area contributed by atoms with Crippen molar-refractivity contribution >= 4 is 17.5 Å². The predicted molar refractivity (Wildman–Crippen MR) is 94.3 cm³/mol. The molecule has 0 unspecified atom stereocenters. The smallest absolute Gasteiger partial charge is 0.249 e. The van der Waals surface area contributed by atoms with E-state index in [9.17, 15) is 0 Å². The number of rotatable bonds is 4. The van der Waals surface area contributed by atoms with Crippen molar-refractivity contribution in [1.82, 2.24) is 15.2 Å². The van der Waals surface area contributed by atoms with E-state index in [0.717, 1.165) is 36.9 Å². The summed E-state index contributed by atoms with van der Waals surface area (Å²) in [4.78, 5) is 6.98. The van der Waals surface area contributed by atoms with Crippen molar-refractivity contribution in [3.05, 3.63) is 35.5 Å². The number of hydrogen-bond acceptors (Lipinski definition) is 5. The van der Waals surface area contributed by atoms with E-state index in [2.05, 4.69) is 64.4 Å². The fraction of sp³-hybridized carbons (Fsp3) is 0.500. The Labute approximate surface area is 138 Å². The lowest BCUT2D eigenvalue weighted by atomic mass is 9.99. The molecule has 1 fully saturated rings. The molecule has 1 aromatic heterocycles. The Morgan fingerprint density at radius 1 is 1.26 bits per heavy atom. The molecule has 1 aliphatic heterocycles. The molecule has 1 saturated heterocycles. The molecule has 0 spiro atoms. The maximum absolute atomic E-state index is 4.67. The van der Waals surface area contributed by atoms with Gasteiger partial charge in [-0.05, 0) is 43.2 Å². The molecule has 122 valence electrons. The lowest BCUT2D eigenvalue weighted by molar-refractivity contribution is 0.436. The Balaban J connectivity index is 1.81. The van der Waals surface area contributed by atoms with Crippen LogP contribution in [0.5, 0.6) is 0 Å². The van der Waals surface area contributed by atoms with Gasteiger partial charge in [-0.1, -0.05) is 32.0 Å². The molecule has 0 radical (unpaired) electrons. The molecule has 1 N–H and O–H groups in total. The molecule has 0 aliphatic carbocycles. The van der Waals surface area contributed by atoms with Crippen LogP contribution in [0.15, 0.2) is 24.4 Å². The average Bonchev–Trinajstić information content (AvgIpc) is 2.57. The number of anilines is 3. The number of piperidine rings is 1. The van der Waals surface area contributed by atoms with Gasteiger partial charge in [0.1, 0.15) is 0 Å². The van der Waals surface area contributed by atoms with Gasteiger partial charge in [-0.3, -0.25) is 0 Å². The Morgan fingerprint density at radius 2 is 2.04 bits per heavy atom. The standard InChI is InChI=1S/C18H25N5/c1-4-15-7-5-6-14(3)17(15)21-18-20-16(12-19-22-18)23-10-8-13(2)9-11-23/h5-7,12-13H,4,8-11H2,1-3H3,(H,20,21,22). The number of aromatic nitrogens is 3. The van der Waals surface area contributed by atoms with E-state index in [4.69, 9.17) is 0 Å². The van der Waals surface area contributed by atoms with Gasteiger partial charge in [0, 0.05) is 18.8 Å². The van der Waals surface area contributed by atoms with Crippen molar-refractivity contribution in [3.8, 4) is 0 Å². The molecule has 5 nitrogen and oxygen atoms in total. The molecule has 0 atom stereocenters. The molecule has 0 amide bonds. The first-order valence-corrected chi connectivity index (χ1v) is 8.47. The number of nitrogens with zero attached hydrogens (tertiary/aromatic N) is 4. The van der Waals surface area contributed by atoms with Crippen molar-refractivity contribution < 1.29 is 0 Å². The minimum atomic E-state index is 0.574. The van der Waals surface area contributed by atoms with Crippen molar-refractivity contribution in [2.45, 2.75) is 40.0 Å². The topological polar surface area (TPSA) is 53.9 Å². The highest BCUT2D eigenvalue weighted by atomic mass is 15.3. The second kappa shape index (κ2) is 6.94. The molecule has 5 heteroatoms. The lowest BCUT2D eigenvalue weighted by Crippen LogP contribution is -2.33. The van der Waals surface area contributed by atoms with Crippen LogP contribution in [-0.4, -0.2) is 28.3 Å². The molecule has 2 heterocycles. The Morgan fingerprint density at radius 3 is 2.78 bits per heavy atom. The van der Waals surface area contributed by atoms with E-state index in [-0.39, 0.29) is 0 Å². The van der Waals surface area contributed by atoms with Crippen LogP contribution in [0.25, 0.3) is 0 Å². The summed E-state index contributed by atoms with van der Waals surface area (Å²) in [6, 6.07) is 6.33. The fourth-order valence-electron chi connectivity index (χ4n) is 3.05. The highest BCUT2D eigenvalue weighted by Gasteiger charge is 2.18. The number of nitrogens with one attached hydrogen (secondary N) is 1. The lowest BCUT2D eigenvalue weighted by Gasteiger charge is -2.30. The molecule has 3 rings (SSSR count). The summed E-state index contributed by atoms with van der Waals surface area (Å²) in [5, 5.41) is 11.7. The van der Waals surface area contributed by atoms with Crippen LogP contribution in [-0.2, 0) is 6.42 Å². The van der Waals surface area contributed by atoms with E-state index >= 15 is 0 Å². The van der Waals surface area contributed by atoms with Crippen LogP contribution in [0.1, 0.15) is 37.8 Å². The minimum Gasteiger partial charge on any atom is -0.355 e. The zero-order valence-electron chi connectivity index (χ0n) is 14.2. The summed E-state index contributed by atoms with van der Waals surface area (Å²) in [5.41, 5.74) is 3.57. The monoisotopic (exact) mass is 311 g/mol. The maximum Gasteiger partial charge on any atom is 0.249 e. The summed E-state index contributed by atoms with van der Waals surface area (Å²) in [6.07, 6.45) is 5.16. The third-order valence-corrected chi connectivity index (χ3v) is 4.63. The van der Waals surface area contributed by atoms with Crippen LogP contribution < -0.4 is 10.2 Å². The van der Waals surface area contributed by atoms with Crippen molar-refractivity contribution in [2.75, 3.05) is 23.3 Å². The quantitative estimate of drug-likeness (QED) is 0.932. The average molecular weight is 311 g/mol. The molecule has 2 aromatic rings. The zero-order chi connectivity index (χ0) is 16.2. The van der Waals surface area contributed by atoms with E-state index in [0.29, 0.717) is 5.95 Å². The van der Waals surface area contributed by atoms with Gasteiger partial charge < -0.3 is 10.2 Å². The predicted octanol–water partition coefficient (Wildman–Crippen LogP) is 3.72. The molecule has 0 saturated carbocycles. The third-order valence-electron chi connectivity index (χ3n) is 4.63. The highest BCUT2D eigenvalue weighted by Crippen LogP contribution is 2.25. The second-order valence-electron chi connectivity index (χ2n) is 6.40. The summed E-state index contributed by atoms with van der Waals surface area (Å²) < 4.78 is 0. The van der Waals surface area contributed by atoms with Gasteiger partial charge in [0.2, 0.25) is 5.95 Å². The van der Waals surface area contributed by atoms with Crippen molar-refractivity contribution in [2.24, 2.45) is 5.92 Å². The van der Waals surface area contributed by atoms with Crippen LogP contribution in [0, 0.1) is 12.8 Å². The van der Waals surface area contributed by atoms with E-state index in [1.807, 2.05) is 0 Å². The first-order valence-electron chi connectivity index (χ1n) is 8.47. The summed E-state index contributed by atoms with van der Waals surface area (Å²) >= 11 is 0. The Bertz CT molecular complexity index is 662. The zero-order valence-corrected chi connectivity index (χ0v) is 14.2. The van der Waals surface area contributed by atoms with Crippen molar-refractivity contribution in [1.29, 1.82) is 0 Å². The SMILES string of the molecule is CCc1cccc(C)c1Nc1nncc(N2CCC(C)CC2)n1. The number of hydrogen-bond donors (Lipinski definition) is 1. The molecule has 1 aliphatic rings. The molecule has 1 aromatic carbocycles. The molecule has 0 bridgehead atoms. The third kappa shape index (κ3) is 3.60. The van der Waals surface area contributed by atoms with Gasteiger partial charge in [0.25, 0.3) is 0 Å². The fourth-order valence-corrected chi connectivity index (χ4v) is 3.05. The minimum absolute atomic E-state index is 0.574. The Kier molecular flexibility index (Phi) is 4.74. The highest BCUT2D eigenvalue weighted by molar-refractivity contribution is 5.63. The number of para-hydroxylation sites is 1. The van der Waals surface area contributed by atoms with Gasteiger partial charge >= 0.3 is 0 Å². The normalized spacial score (nSPS) is 15.7. The Hall–Kier alpha value is -2.17. The van der Waals surface area contributed by atoms with E-state index in [1.165, 1.54) is 24.0 Å². The molecule has 23 heavy (non-hydrogen) atoms. The number of aryl methyl sites for hydroxylation is 2. The van der Waals surface area contributed by atoms with Crippen molar-refractivity contribution in [3.63, 3.8) is 0 Å². The van der Waals surface area contributed by atoms with Gasteiger partial charge in [-0.2, -0.15) is 10.1 Å². The van der Waals surface area contributed by atoms with E-state index in [1.54, 1.807) is 6.20 Å². The summed E-state index contributed by atoms with van der Waals surface area (Å²) in [5.74, 6) is 2.30. The van der Waals surface area contributed by atoms with Crippen LogP contribution in [0.2, 0.25) is 0 Å². The summed E-state index contributed by atoms with van der Waals surface area (Å²) in [7, 11) is 0. The summed E-state index contributed by atoms with van der Waals surface area (Å²) in [6.45, 7) is 8.66. The van der Waals surface area contributed by atoms with Crippen LogP contribution in [0.3, 0.4) is 0 Å². The van der Waals surface area contributed by atoms with E-state index < -0.39 is 0 Å². The van der Waals surface area contributed by atoms with Crippen LogP contribution in [0.4, 0.5) is 17.5 Å². The first kappa shape index (κ1) is 15.7. The van der Waals surface area contributed by atoms with Gasteiger partial charge in [0.05, 0.1) is 6.20 Å². The van der Waals surface area contributed by atoms with Crippen LogP contribution >= 0.6 is 0 Å². The van der Waals surface area contributed by atoms with Gasteiger partial charge in [0.15, 0.2) is 5.82 Å². The molecular formula is C18H25N5. The first-order chi connectivity index (χ1) is 11.2. The maximum atomic E-state index is 4.67. The number of benzene rings is 1. The molecular weight excluding hydrogens is 286 g/mol. The second-order valence-corrected chi connectivity index (χ2v) is 6.40. The van der Waals surface area contributed by atoms with Gasteiger partial charge in [-0.15, -0.1) is 5.10 Å². The largest absolute Gasteiger partial charge is 0.355 e. The van der Waals surface area contributed by atoms with Gasteiger partial charge in [-0.25, -0.2) is 0 Å².